The smallest absolute Gasteiger partial charge is 0.305 e. The molecule has 0 unspecified atom stereocenters. The van der Waals surface area contributed by atoms with Crippen LogP contribution in [0.15, 0.2) is 18.2 Å². The second-order valence-corrected chi connectivity index (χ2v) is 8.21. The molecule has 1 aromatic heterocycles. The van der Waals surface area contributed by atoms with E-state index in [4.69, 9.17) is 10.2 Å². The summed E-state index contributed by atoms with van der Waals surface area (Å²) in [4.78, 5) is 23.4. The van der Waals surface area contributed by atoms with Crippen LogP contribution >= 0.6 is 0 Å². The number of ether oxygens (including phenoxy) is 1. The average Bonchev–Trinajstić information content (AvgIpc) is 3.09. The summed E-state index contributed by atoms with van der Waals surface area (Å²) in [6.45, 7) is 5.31. The van der Waals surface area contributed by atoms with Crippen molar-refractivity contribution >= 4 is 17.8 Å². The molecule has 1 heterocycles. The van der Waals surface area contributed by atoms with Gasteiger partial charge in [0.05, 0.1) is 12.8 Å². The van der Waals surface area contributed by atoms with Crippen molar-refractivity contribution < 1.29 is 19.4 Å². The molecular weight excluding hydrogens is 404 g/mol. The Kier molecular flexibility index (Phi) is 15.1. The van der Waals surface area contributed by atoms with E-state index in [1.165, 1.54) is 7.11 Å². The molecule has 0 amide bonds. The van der Waals surface area contributed by atoms with Crippen LogP contribution in [-0.4, -0.2) is 40.4 Å². The number of aliphatic hydroxyl groups excluding tert-OH is 1. The van der Waals surface area contributed by atoms with Gasteiger partial charge in [0, 0.05) is 37.3 Å². The number of hydrogen-bond donors (Lipinski definition) is 1. The van der Waals surface area contributed by atoms with Crippen LogP contribution in [0.2, 0.25) is 0 Å². The molecule has 0 aliphatic carbocycles. The number of aryl methyl sites for hydroxylation is 1. The van der Waals surface area contributed by atoms with E-state index in [1.54, 1.807) is 6.08 Å². The highest BCUT2D eigenvalue weighted by molar-refractivity contribution is 5.93. The number of esters is 1. The lowest BCUT2D eigenvalue weighted by atomic mass is 10.1. The summed E-state index contributed by atoms with van der Waals surface area (Å²) < 4.78 is 6.71. The van der Waals surface area contributed by atoms with Crippen molar-refractivity contribution in [3.8, 4) is 0 Å². The number of hydrogen-bond acceptors (Lipinski definition) is 5. The van der Waals surface area contributed by atoms with Gasteiger partial charge in [0.1, 0.15) is 0 Å². The van der Waals surface area contributed by atoms with Gasteiger partial charge in [-0.15, -0.1) is 0 Å². The maximum atomic E-state index is 12.2. The topological polar surface area (TPSA) is 81.4 Å². The standard InChI is InChI=1S/C26H42N2O4/c1-4-5-10-15-23(30)18-19-25-24(16-11-6-7-12-17-26(31)32-3)22(2)28(27-25)20-13-8-9-14-21-29/h6,11,18-19,29H,4-5,7-10,12-17,20-21H2,1-3H3/b11-6-,19-18?. The quantitative estimate of drug-likeness (QED) is 0.142. The third-order valence-corrected chi connectivity index (χ3v) is 5.56. The number of carbonyl (C=O) groups excluding carboxylic acids is 2. The lowest BCUT2D eigenvalue weighted by Crippen LogP contribution is -2.03. The third-order valence-electron chi connectivity index (χ3n) is 5.56. The maximum Gasteiger partial charge on any atom is 0.305 e. The summed E-state index contributed by atoms with van der Waals surface area (Å²) in [5, 5.41) is 13.7. The van der Waals surface area contributed by atoms with Gasteiger partial charge in [-0.3, -0.25) is 14.3 Å². The van der Waals surface area contributed by atoms with E-state index in [-0.39, 0.29) is 18.4 Å². The first-order valence-corrected chi connectivity index (χ1v) is 12.1. The highest BCUT2D eigenvalue weighted by atomic mass is 16.5. The summed E-state index contributed by atoms with van der Waals surface area (Å²) in [6.07, 6.45) is 18.2. The second-order valence-electron chi connectivity index (χ2n) is 8.21. The number of nitrogens with zero attached hydrogens (tertiary/aromatic N) is 2. The predicted octanol–water partition coefficient (Wildman–Crippen LogP) is 5.35. The van der Waals surface area contributed by atoms with Crippen molar-refractivity contribution in [2.75, 3.05) is 13.7 Å². The van der Waals surface area contributed by atoms with Gasteiger partial charge in [0.25, 0.3) is 0 Å². The van der Waals surface area contributed by atoms with Crippen molar-refractivity contribution in [1.82, 2.24) is 9.78 Å². The van der Waals surface area contributed by atoms with Crippen LogP contribution in [-0.2, 0) is 27.3 Å². The zero-order valence-corrected chi connectivity index (χ0v) is 20.3. The molecule has 0 spiro atoms. The van der Waals surface area contributed by atoms with Gasteiger partial charge in [-0.2, -0.15) is 5.10 Å². The van der Waals surface area contributed by atoms with Crippen molar-refractivity contribution in [2.45, 2.75) is 97.4 Å². The Labute approximate surface area is 193 Å². The van der Waals surface area contributed by atoms with E-state index in [2.05, 4.69) is 30.7 Å². The Morgan fingerprint density at radius 3 is 2.53 bits per heavy atom. The number of allylic oxidation sites excluding steroid dienone is 3. The van der Waals surface area contributed by atoms with Crippen molar-refractivity contribution in [2.24, 2.45) is 0 Å². The molecule has 0 saturated heterocycles. The largest absolute Gasteiger partial charge is 0.469 e. The minimum absolute atomic E-state index is 0.152. The number of rotatable bonds is 18. The van der Waals surface area contributed by atoms with Gasteiger partial charge < -0.3 is 9.84 Å². The van der Waals surface area contributed by atoms with Crippen LogP contribution in [0.3, 0.4) is 0 Å². The summed E-state index contributed by atoms with van der Waals surface area (Å²) in [5.74, 6) is -0.0236. The molecule has 0 bridgehead atoms. The SMILES string of the molecule is CCCCCC(=O)C=Cc1nn(CCCCCCO)c(C)c1C/C=C\CCCC(=O)OC. The fourth-order valence-electron chi connectivity index (χ4n) is 3.53. The van der Waals surface area contributed by atoms with Crippen LogP contribution in [0.5, 0.6) is 0 Å². The van der Waals surface area contributed by atoms with Gasteiger partial charge >= 0.3 is 5.97 Å². The maximum absolute atomic E-state index is 12.2. The molecule has 32 heavy (non-hydrogen) atoms. The lowest BCUT2D eigenvalue weighted by Gasteiger charge is -2.05. The summed E-state index contributed by atoms with van der Waals surface area (Å²) in [6, 6.07) is 0. The number of aliphatic hydroxyl groups is 1. The minimum Gasteiger partial charge on any atom is -0.469 e. The number of methoxy groups -OCH3 is 1. The minimum atomic E-state index is -0.175. The predicted molar refractivity (Wildman–Crippen MR) is 129 cm³/mol. The molecule has 0 aliphatic rings. The molecule has 0 saturated carbocycles. The lowest BCUT2D eigenvalue weighted by molar-refractivity contribution is -0.140. The van der Waals surface area contributed by atoms with E-state index in [9.17, 15) is 9.59 Å². The molecule has 0 radical (unpaired) electrons. The van der Waals surface area contributed by atoms with E-state index in [1.807, 2.05) is 10.8 Å². The van der Waals surface area contributed by atoms with E-state index < -0.39 is 0 Å². The first kappa shape index (κ1) is 27.8. The Hall–Kier alpha value is -2.21. The van der Waals surface area contributed by atoms with Gasteiger partial charge in [-0.1, -0.05) is 44.8 Å². The summed E-state index contributed by atoms with van der Waals surface area (Å²) in [5.41, 5.74) is 3.13. The number of ketones is 1. The Morgan fingerprint density at radius 1 is 1.03 bits per heavy atom. The molecule has 1 N–H and O–H groups in total. The van der Waals surface area contributed by atoms with E-state index in [0.717, 1.165) is 87.7 Å². The first-order valence-electron chi connectivity index (χ1n) is 12.1. The van der Waals surface area contributed by atoms with Crippen molar-refractivity contribution in [1.29, 1.82) is 0 Å². The molecule has 0 aromatic carbocycles. The van der Waals surface area contributed by atoms with E-state index >= 15 is 0 Å². The fraction of sp³-hybridized carbons (Fsp3) is 0.654. The highest BCUT2D eigenvalue weighted by Crippen LogP contribution is 2.18. The monoisotopic (exact) mass is 446 g/mol. The molecule has 1 aromatic rings. The molecule has 6 nitrogen and oxygen atoms in total. The molecule has 1 rings (SSSR count). The molecule has 180 valence electrons. The fourth-order valence-corrected chi connectivity index (χ4v) is 3.53. The normalized spacial score (nSPS) is 11.6. The average molecular weight is 447 g/mol. The van der Waals surface area contributed by atoms with E-state index in [0.29, 0.717) is 12.8 Å². The molecule has 0 fully saturated rings. The molecule has 6 heteroatoms. The van der Waals surface area contributed by atoms with Crippen LogP contribution in [0.25, 0.3) is 6.08 Å². The Morgan fingerprint density at radius 2 is 1.81 bits per heavy atom. The second kappa shape index (κ2) is 17.4. The zero-order valence-electron chi connectivity index (χ0n) is 20.3. The first-order chi connectivity index (χ1) is 15.5. The Bertz CT molecular complexity index is 734. The number of aromatic nitrogens is 2. The molecule has 0 aliphatic heterocycles. The van der Waals surface area contributed by atoms with Crippen molar-refractivity contribution in [3.05, 3.63) is 35.2 Å². The van der Waals surface area contributed by atoms with Gasteiger partial charge in [0.2, 0.25) is 0 Å². The summed E-state index contributed by atoms with van der Waals surface area (Å²) in [7, 11) is 1.41. The Balaban J connectivity index is 2.78. The highest BCUT2D eigenvalue weighted by Gasteiger charge is 2.12. The number of carbonyl (C=O) groups is 2. The van der Waals surface area contributed by atoms with Gasteiger partial charge in [-0.25, -0.2) is 0 Å². The van der Waals surface area contributed by atoms with Crippen LogP contribution < -0.4 is 0 Å². The molecule has 0 atom stereocenters. The zero-order chi connectivity index (χ0) is 23.6. The summed E-state index contributed by atoms with van der Waals surface area (Å²) >= 11 is 0. The van der Waals surface area contributed by atoms with Crippen LogP contribution in [0, 0.1) is 6.92 Å². The van der Waals surface area contributed by atoms with Gasteiger partial charge in [0.15, 0.2) is 5.78 Å². The van der Waals surface area contributed by atoms with Crippen LogP contribution in [0.1, 0.15) is 94.5 Å². The van der Waals surface area contributed by atoms with Gasteiger partial charge in [-0.05, 0) is 57.6 Å². The third kappa shape index (κ3) is 11.4. The van der Waals surface area contributed by atoms with Crippen LogP contribution in [0.4, 0.5) is 0 Å². The van der Waals surface area contributed by atoms with Crippen molar-refractivity contribution in [3.63, 3.8) is 0 Å². The molecular formula is C26H42N2O4. The number of unbranched alkanes of at least 4 members (excludes halogenated alkanes) is 6.